The Bertz CT molecular complexity index is 872. The van der Waals surface area contributed by atoms with Gasteiger partial charge in [0.1, 0.15) is 11.8 Å². The average Bonchev–Trinajstić information content (AvgIpc) is 3.12. The Morgan fingerprint density at radius 2 is 2.17 bits per heavy atom. The van der Waals surface area contributed by atoms with Crippen molar-refractivity contribution in [1.82, 2.24) is 30.2 Å². The monoisotopic (exact) mass is 345 g/mol. The molecule has 0 radical (unpaired) electrons. The Balaban J connectivity index is 1.68. The third-order valence-electron chi connectivity index (χ3n) is 3.66. The molecule has 2 N–H and O–H groups in total. The minimum Gasteiger partial charge on any atom is -0.348 e. The summed E-state index contributed by atoms with van der Waals surface area (Å²) in [5.41, 5.74) is 2.26. The van der Waals surface area contributed by atoms with Crippen molar-refractivity contribution < 1.29 is 4.79 Å². The van der Waals surface area contributed by atoms with Crippen molar-refractivity contribution in [3.8, 4) is 0 Å². The van der Waals surface area contributed by atoms with Gasteiger partial charge < -0.3 is 15.2 Å². The molecule has 0 aromatic carbocycles. The molecule has 0 bridgehead atoms. The molecule has 24 heavy (non-hydrogen) atoms. The molecule has 0 aliphatic rings. The summed E-state index contributed by atoms with van der Waals surface area (Å²) in [7, 11) is 1.81. The molecule has 3 aromatic heterocycles. The lowest BCUT2D eigenvalue weighted by Crippen LogP contribution is -2.36. The van der Waals surface area contributed by atoms with Gasteiger partial charge in [0.15, 0.2) is 11.5 Å². The molecule has 1 amide bonds. The SMILES string of the molecule is Cc1nc(C)c([C@H](C)NC(=O)CN(C)c2ncnc3nc[nH]c23)s1. The van der Waals surface area contributed by atoms with Crippen LogP contribution in [0, 0.1) is 13.8 Å². The van der Waals surface area contributed by atoms with E-state index in [-0.39, 0.29) is 18.5 Å². The molecule has 0 saturated heterocycles. The summed E-state index contributed by atoms with van der Waals surface area (Å²) in [6.07, 6.45) is 3.01. The van der Waals surface area contributed by atoms with Crippen LogP contribution in [0.2, 0.25) is 0 Å². The van der Waals surface area contributed by atoms with Crippen molar-refractivity contribution in [3.05, 3.63) is 28.2 Å². The number of anilines is 1. The third kappa shape index (κ3) is 3.21. The van der Waals surface area contributed by atoms with E-state index in [0.29, 0.717) is 11.5 Å². The molecule has 0 fully saturated rings. The zero-order valence-corrected chi connectivity index (χ0v) is 14.8. The van der Waals surface area contributed by atoms with Crippen LogP contribution in [-0.2, 0) is 4.79 Å². The maximum atomic E-state index is 12.4. The number of aromatic nitrogens is 5. The maximum absolute atomic E-state index is 12.4. The van der Waals surface area contributed by atoms with Crippen LogP contribution in [0.1, 0.15) is 28.5 Å². The number of hydrogen-bond acceptors (Lipinski definition) is 7. The van der Waals surface area contributed by atoms with Crippen molar-refractivity contribution in [2.24, 2.45) is 0 Å². The summed E-state index contributed by atoms with van der Waals surface area (Å²) in [6, 6.07) is -0.0744. The first kappa shape index (κ1) is 16.3. The number of carbonyl (C=O) groups is 1. The molecule has 0 saturated carbocycles. The third-order valence-corrected chi connectivity index (χ3v) is 4.91. The van der Waals surface area contributed by atoms with Crippen LogP contribution in [0.25, 0.3) is 11.2 Å². The van der Waals surface area contributed by atoms with Crippen molar-refractivity contribution >= 4 is 34.2 Å². The van der Waals surface area contributed by atoms with Gasteiger partial charge >= 0.3 is 0 Å². The summed E-state index contributed by atoms with van der Waals surface area (Å²) >= 11 is 1.61. The summed E-state index contributed by atoms with van der Waals surface area (Å²) in [6.45, 7) is 6.08. The van der Waals surface area contributed by atoms with E-state index in [1.165, 1.54) is 6.33 Å². The first-order valence-corrected chi connectivity index (χ1v) is 8.36. The Morgan fingerprint density at radius 3 is 2.88 bits per heavy atom. The van der Waals surface area contributed by atoms with Gasteiger partial charge in [0, 0.05) is 11.9 Å². The number of carbonyl (C=O) groups excluding carboxylic acids is 1. The normalized spacial score (nSPS) is 12.3. The minimum atomic E-state index is -0.0817. The number of amides is 1. The van der Waals surface area contributed by atoms with Crippen LogP contribution >= 0.6 is 11.3 Å². The highest BCUT2D eigenvalue weighted by atomic mass is 32.1. The second kappa shape index (κ2) is 6.52. The summed E-state index contributed by atoms with van der Waals surface area (Å²) < 4.78 is 0. The van der Waals surface area contributed by atoms with Crippen LogP contribution in [0.5, 0.6) is 0 Å². The quantitative estimate of drug-likeness (QED) is 0.731. The highest BCUT2D eigenvalue weighted by molar-refractivity contribution is 7.11. The molecular formula is C15H19N7OS. The van der Waals surface area contributed by atoms with Gasteiger partial charge in [0.25, 0.3) is 0 Å². The Morgan fingerprint density at radius 1 is 1.38 bits per heavy atom. The van der Waals surface area contributed by atoms with Gasteiger partial charge in [0.05, 0.1) is 29.6 Å². The number of H-pyrrole nitrogens is 1. The van der Waals surface area contributed by atoms with Crippen LogP contribution in [0.3, 0.4) is 0 Å². The number of fused-ring (bicyclic) bond motifs is 1. The van der Waals surface area contributed by atoms with E-state index >= 15 is 0 Å². The fourth-order valence-corrected chi connectivity index (χ4v) is 3.56. The lowest BCUT2D eigenvalue weighted by Gasteiger charge is -2.19. The number of nitrogens with one attached hydrogen (secondary N) is 2. The largest absolute Gasteiger partial charge is 0.348 e. The smallest absolute Gasteiger partial charge is 0.240 e. The van der Waals surface area contributed by atoms with E-state index in [1.807, 2.05) is 27.8 Å². The lowest BCUT2D eigenvalue weighted by molar-refractivity contribution is -0.120. The number of hydrogen-bond donors (Lipinski definition) is 2. The minimum absolute atomic E-state index is 0.0744. The second-order valence-electron chi connectivity index (χ2n) is 5.63. The Labute approximate surface area is 143 Å². The van der Waals surface area contributed by atoms with Gasteiger partial charge in [-0.2, -0.15) is 0 Å². The molecule has 0 unspecified atom stereocenters. The zero-order chi connectivity index (χ0) is 17.3. The molecular weight excluding hydrogens is 326 g/mol. The number of aromatic amines is 1. The number of nitrogens with zero attached hydrogens (tertiary/aromatic N) is 5. The van der Waals surface area contributed by atoms with Crippen molar-refractivity contribution in [2.75, 3.05) is 18.5 Å². The fraction of sp³-hybridized carbons (Fsp3) is 0.400. The van der Waals surface area contributed by atoms with Crippen LogP contribution in [-0.4, -0.2) is 44.4 Å². The molecule has 3 aromatic rings. The lowest BCUT2D eigenvalue weighted by atomic mass is 10.2. The van der Waals surface area contributed by atoms with Gasteiger partial charge in [-0.1, -0.05) is 0 Å². The first-order chi connectivity index (χ1) is 11.5. The predicted octanol–water partition coefficient (Wildman–Crippen LogP) is 1.74. The standard InChI is InChI=1S/C15H19N7OS/c1-8-13(24-10(3)20-8)9(2)21-11(23)5-22(4)15-12-14(17-6-16-12)18-7-19-15/h6-7,9H,5H2,1-4H3,(H,21,23)(H,16,17,18,19)/t9-/m0/s1. The van der Waals surface area contributed by atoms with Crippen molar-refractivity contribution in [2.45, 2.75) is 26.8 Å². The van der Waals surface area contributed by atoms with E-state index in [0.717, 1.165) is 21.1 Å². The number of likely N-dealkylation sites (N-methyl/N-ethyl adjacent to an activating group) is 1. The summed E-state index contributed by atoms with van der Waals surface area (Å²) in [4.78, 5) is 35.1. The van der Waals surface area contributed by atoms with Crippen LogP contribution < -0.4 is 10.2 Å². The van der Waals surface area contributed by atoms with Crippen LogP contribution in [0.4, 0.5) is 5.82 Å². The number of thiazole rings is 1. The first-order valence-electron chi connectivity index (χ1n) is 7.54. The van der Waals surface area contributed by atoms with E-state index in [1.54, 1.807) is 22.6 Å². The molecule has 1 atom stereocenters. The number of rotatable bonds is 5. The van der Waals surface area contributed by atoms with E-state index < -0.39 is 0 Å². The molecule has 126 valence electrons. The summed E-state index contributed by atoms with van der Waals surface area (Å²) in [5.74, 6) is 0.562. The predicted molar refractivity (Wildman–Crippen MR) is 93.1 cm³/mol. The Hall–Kier alpha value is -2.55. The highest BCUT2D eigenvalue weighted by Gasteiger charge is 2.18. The molecule has 3 rings (SSSR count). The highest BCUT2D eigenvalue weighted by Crippen LogP contribution is 2.24. The zero-order valence-electron chi connectivity index (χ0n) is 14.0. The van der Waals surface area contributed by atoms with Gasteiger partial charge in [-0.25, -0.2) is 19.9 Å². The summed E-state index contributed by atoms with van der Waals surface area (Å²) in [5, 5.41) is 4.02. The topological polar surface area (TPSA) is 99.7 Å². The molecule has 0 aliphatic heterocycles. The fourth-order valence-electron chi connectivity index (χ4n) is 2.63. The molecule has 8 nitrogen and oxygen atoms in total. The van der Waals surface area contributed by atoms with E-state index in [2.05, 4.69) is 30.2 Å². The van der Waals surface area contributed by atoms with Gasteiger partial charge in [0.2, 0.25) is 5.91 Å². The number of imidazole rings is 1. The second-order valence-corrected chi connectivity index (χ2v) is 6.86. The van der Waals surface area contributed by atoms with Crippen molar-refractivity contribution in [1.29, 1.82) is 0 Å². The molecule has 0 aliphatic carbocycles. The molecule has 9 heteroatoms. The van der Waals surface area contributed by atoms with Gasteiger partial charge in [-0.15, -0.1) is 11.3 Å². The number of aryl methyl sites for hydroxylation is 2. The van der Waals surface area contributed by atoms with E-state index in [4.69, 9.17) is 0 Å². The maximum Gasteiger partial charge on any atom is 0.240 e. The van der Waals surface area contributed by atoms with Crippen LogP contribution in [0.15, 0.2) is 12.7 Å². The van der Waals surface area contributed by atoms with E-state index in [9.17, 15) is 4.79 Å². The Kier molecular flexibility index (Phi) is 4.43. The molecule has 3 heterocycles. The van der Waals surface area contributed by atoms with Gasteiger partial charge in [-0.3, -0.25) is 4.79 Å². The molecule has 0 spiro atoms. The van der Waals surface area contributed by atoms with Gasteiger partial charge in [-0.05, 0) is 20.8 Å². The average molecular weight is 345 g/mol. The van der Waals surface area contributed by atoms with Crippen molar-refractivity contribution in [3.63, 3.8) is 0 Å².